The number of carboxylic acids is 1. The average molecular weight is 283 g/mol. The number of aliphatic carboxylic acids is 1. The summed E-state index contributed by atoms with van der Waals surface area (Å²) in [5, 5.41) is 10.2. The summed E-state index contributed by atoms with van der Waals surface area (Å²) in [5.41, 5.74) is 0.691. The Bertz CT molecular complexity index is 520. The molecule has 0 atom stereocenters. The second kappa shape index (κ2) is 4.69. The third-order valence-corrected chi connectivity index (χ3v) is 4.28. The van der Waals surface area contributed by atoms with E-state index in [1.807, 2.05) is 0 Å². The highest BCUT2D eigenvalue weighted by Gasteiger charge is 2.45. The number of fused-ring (bicyclic) bond motifs is 1. The minimum atomic E-state index is -0.855. The molecule has 1 fully saturated rings. The van der Waals surface area contributed by atoms with Crippen molar-refractivity contribution in [2.24, 2.45) is 0 Å². The van der Waals surface area contributed by atoms with Gasteiger partial charge in [0.05, 0.1) is 12.0 Å². The van der Waals surface area contributed by atoms with Crippen molar-refractivity contribution in [1.29, 1.82) is 0 Å². The van der Waals surface area contributed by atoms with E-state index >= 15 is 0 Å². The maximum Gasteiger partial charge on any atom is 0.314 e. The van der Waals surface area contributed by atoms with Gasteiger partial charge in [0.15, 0.2) is 6.79 Å². The summed E-state index contributed by atoms with van der Waals surface area (Å²) in [5.74, 6) is -0.135. The van der Waals surface area contributed by atoms with Gasteiger partial charge in [-0.2, -0.15) is 0 Å². The molecule has 2 aliphatic rings. The lowest BCUT2D eigenvalue weighted by atomic mass is 9.77. The van der Waals surface area contributed by atoms with Gasteiger partial charge in [0, 0.05) is 16.1 Å². The first kappa shape index (κ1) is 12.8. The minimum absolute atomic E-state index is 0.164. The Labute approximate surface area is 116 Å². The smallest absolute Gasteiger partial charge is 0.314 e. The zero-order chi connectivity index (χ0) is 13.5. The van der Waals surface area contributed by atoms with E-state index in [1.165, 1.54) is 0 Å². The fourth-order valence-corrected chi connectivity index (χ4v) is 3.35. The number of rotatable bonds is 2. The maximum absolute atomic E-state index is 11.8. The Morgan fingerprint density at radius 2 is 2.05 bits per heavy atom. The van der Waals surface area contributed by atoms with E-state index in [2.05, 4.69) is 0 Å². The molecule has 102 valence electrons. The summed E-state index contributed by atoms with van der Waals surface area (Å²) in [4.78, 5) is 11.8. The molecule has 19 heavy (non-hydrogen) atoms. The first-order valence-corrected chi connectivity index (χ1v) is 6.78. The Morgan fingerprint density at radius 1 is 1.32 bits per heavy atom. The summed E-state index contributed by atoms with van der Waals surface area (Å²) in [6.07, 6.45) is 3.12. The minimum Gasteiger partial charge on any atom is -0.481 e. The highest BCUT2D eigenvalue weighted by Crippen LogP contribution is 2.47. The van der Waals surface area contributed by atoms with Crippen LogP contribution in [-0.4, -0.2) is 17.9 Å². The van der Waals surface area contributed by atoms with E-state index in [1.54, 1.807) is 12.1 Å². The number of hydrogen-bond donors (Lipinski definition) is 1. The molecular weight excluding hydrogens is 268 g/mol. The molecule has 1 aromatic carbocycles. The third kappa shape index (κ3) is 1.99. The van der Waals surface area contributed by atoms with Crippen LogP contribution in [0.15, 0.2) is 12.1 Å². The lowest BCUT2D eigenvalue weighted by molar-refractivity contribution is -0.143. The van der Waals surface area contributed by atoms with E-state index in [0.717, 1.165) is 18.4 Å². The van der Waals surface area contributed by atoms with Crippen molar-refractivity contribution in [3.8, 4) is 5.75 Å². The number of benzene rings is 1. The van der Waals surface area contributed by atoms with Gasteiger partial charge >= 0.3 is 5.97 Å². The van der Waals surface area contributed by atoms with Crippen LogP contribution >= 0.6 is 11.6 Å². The topological polar surface area (TPSA) is 55.8 Å². The molecule has 0 unspecified atom stereocenters. The zero-order valence-corrected chi connectivity index (χ0v) is 11.2. The first-order valence-electron chi connectivity index (χ1n) is 6.40. The SMILES string of the molecule is O=C(O)C1(c2cc(Cl)cc3c2OCOC3)CCCC1. The lowest BCUT2D eigenvalue weighted by Gasteiger charge is -2.30. The Morgan fingerprint density at radius 3 is 2.74 bits per heavy atom. The second-order valence-corrected chi connectivity index (χ2v) is 5.58. The summed E-state index contributed by atoms with van der Waals surface area (Å²) in [6.45, 7) is 0.579. The van der Waals surface area contributed by atoms with Crippen LogP contribution in [0.4, 0.5) is 0 Å². The molecule has 0 saturated heterocycles. The average Bonchev–Trinajstić information content (AvgIpc) is 2.88. The molecule has 3 rings (SSSR count). The van der Waals surface area contributed by atoms with E-state index < -0.39 is 11.4 Å². The molecule has 1 saturated carbocycles. The third-order valence-electron chi connectivity index (χ3n) is 4.06. The molecule has 0 bridgehead atoms. The summed E-state index contributed by atoms with van der Waals surface area (Å²) in [7, 11) is 0. The van der Waals surface area contributed by atoms with Gasteiger partial charge in [-0.1, -0.05) is 24.4 Å². The van der Waals surface area contributed by atoms with E-state index in [4.69, 9.17) is 21.1 Å². The summed E-state index contributed by atoms with van der Waals surface area (Å²) in [6, 6.07) is 3.52. The normalized spacial score (nSPS) is 20.7. The number of ether oxygens (including phenoxy) is 2. The van der Waals surface area contributed by atoms with Crippen molar-refractivity contribution in [2.45, 2.75) is 37.7 Å². The monoisotopic (exact) mass is 282 g/mol. The van der Waals surface area contributed by atoms with Gasteiger partial charge in [0.1, 0.15) is 5.75 Å². The van der Waals surface area contributed by atoms with Gasteiger partial charge in [-0.25, -0.2) is 0 Å². The highest BCUT2D eigenvalue weighted by molar-refractivity contribution is 6.30. The molecule has 0 radical (unpaired) electrons. The zero-order valence-electron chi connectivity index (χ0n) is 10.4. The Hall–Kier alpha value is -1.26. The van der Waals surface area contributed by atoms with Crippen molar-refractivity contribution in [1.82, 2.24) is 0 Å². The summed E-state index contributed by atoms with van der Waals surface area (Å²) < 4.78 is 10.8. The molecular formula is C14H15ClO4. The van der Waals surface area contributed by atoms with Crippen molar-refractivity contribution in [3.63, 3.8) is 0 Å². The van der Waals surface area contributed by atoms with Crippen molar-refractivity contribution >= 4 is 17.6 Å². The fourth-order valence-electron chi connectivity index (χ4n) is 3.11. The Balaban J connectivity index is 2.18. The molecule has 1 aliphatic carbocycles. The predicted octanol–water partition coefficient (Wildman–Crippen LogP) is 3.10. The molecule has 5 heteroatoms. The maximum atomic E-state index is 11.8. The van der Waals surface area contributed by atoms with Crippen LogP contribution < -0.4 is 4.74 Å². The van der Waals surface area contributed by atoms with Gasteiger partial charge in [-0.15, -0.1) is 0 Å². The predicted molar refractivity (Wildman–Crippen MR) is 69.5 cm³/mol. The first-order chi connectivity index (χ1) is 9.13. The van der Waals surface area contributed by atoms with Crippen molar-refractivity contribution < 1.29 is 19.4 Å². The highest BCUT2D eigenvalue weighted by atomic mass is 35.5. The molecule has 1 aliphatic heterocycles. The fraction of sp³-hybridized carbons (Fsp3) is 0.500. The second-order valence-electron chi connectivity index (χ2n) is 5.15. The Kier molecular flexibility index (Phi) is 3.15. The van der Waals surface area contributed by atoms with E-state index in [0.29, 0.717) is 35.8 Å². The van der Waals surface area contributed by atoms with Crippen LogP contribution in [0.25, 0.3) is 0 Å². The van der Waals surface area contributed by atoms with Crippen LogP contribution in [0.3, 0.4) is 0 Å². The molecule has 4 nitrogen and oxygen atoms in total. The van der Waals surface area contributed by atoms with E-state index in [9.17, 15) is 9.90 Å². The molecule has 0 spiro atoms. The van der Waals surface area contributed by atoms with Crippen LogP contribution in [0.5, 0.6) is 5.75 Å². The standard InChI is InChI=1S/C14H15ClO4/c15-10-5-9-7-18-8-19-12(9)11(6-10)14(13(16)17)3-1-2-4-14/h5-6H,1-4,7-8H2,(H,16,17). The number of halogens is 1. The van der Waals surface area contributed by atoms with Crippen molar-refractivity contribution in [2.75, 3.05) is 6.79 Å². The van der Waals surface area contributed by atoms with Crippen LogP contribution in [-0.2, 0) is 21.6 Å². The molecule has 1 aromatic rings. The van der Waals surface area contributed by atoms with E-state index in [-0.39, 0.29) is 6.79 Å². The lowest BCUT2D eigenvalue weighted by Crippen LogP contribution is -2.34. The molecule has 1 heterocycles. The van der Waals surface area contributed by atoms with Crippen molar-refractivity contribution in [3.05, 3.63) is 28.3 Å². The van der Waals surface area contributed by atoms with Gasteiger partial charge in [0.25, 0.3) is 0 Å². The van der Waals surface area contributed by atoms with Crippen LogP contribution in [0, 0.1) is 0 Å². The number of carbonyl (C=O) groups is 1. The molecule has 0 aromatic heterocycles. The molecule has 1 N–H and O–H groups in total. The van der Waals surface area contributed by atoms with Gasteiger partial charge in [-0.3, -0.25) is 4.79 Å². The van der Waals surface area contributed by atoms with Gasteiger partial charge < -0.3 is 14.6 Å². The molecule has 0 amide bonds. The largest absolute Gasteiger partial charge is 0.481 e. The number of hydrogen-bond acceptors (Lipinski definition) is 3. The van der Waals surface area contributed by atoms with Crippen LogP contribution in [0.1, 0.15) is 36.8 Å². The number of carboxylic acid groups (broad SMARTS) is 1. The summed E-state index contributed by atoms with van der Waals surface area (Å²) >= 11 is 6.12. The van der Waals surface area contributed by atoms with Crippen LogP contribution in [0.2, 0.25) is 5.02 Å². The quantitative estimate of drug-likeness (QED) is 0.905. The van der Waals surface area contributed by atoms with Gasteiger partial charge in [0.2, 0.25) is 0 Å². The van der Waals surface area contributed by atoms with Gasteiger partial charge in [-0.05, 0) is 25.0 Å².